The van der Waals surface area contributed by atoms with Crippen molar-refractivity contribution in [1.82, 2.24) is 10.2 Å². The molecule has 1 aliphatic rings. The molecule has 1 heterocycles. The van der Waals surface area contributed by atoms with Crippen LogP contribution in [0.15, 0.2) is 0 Å². The number of carbonyl (C=O) groups is 2. The summed E-state index contributed by atoms with van der Waals surface area (Å²) in [6, 6.07) is -0.0810. The third kappa shape index (κ3) is 5.46. The number of carbonyl (C=O) groups excluding carboxylic acids is 1. The zero-order valence-corrected chi connectivity index (χ0v) is 12.6. The van der Waals surface area contributed by atoms with Gasteiger partial charge in [-0.3, -0.25) is 14.5 Å². The lowest BCUT2D eigenvalue weighted by Gasteiger charge is -2.22. The molecule has 1 rings (SSSR count). The molecule has 1 fully saturated rings. The molecule has 0 bridgehead atoms. The highest BCUT2D eigenvalue weighted by atomic mass is 16.5. The van der Waals surface area contributed by atoms with Crippen molar-refractivity contribution in [1.29, 1.82) is 0 Å². The number of ether oxygens (including phenoxy) is 1. The van der Waals surface area contributed by atoms with Crippen LogP contribution in [0.3, 0.4) is 0 Å². The van der Waals surface area contributed by atoms with E-state index >= 15 is 0 Å². The third-order valence-corrected chi connectivity index (χ3v) is 3.64. The molecule has 1 saturated heterocycles. The molecular formula is C14H26N2O4. The van der Waals surface area contributed by atoms with Crippen LogP contribution in [0.1, 0.15) is 33.6 Å². The number of rotatable bonds is 8. The van der Waals surface area contributed by atoms with Crippen molar-refractivity contribution in [3.8, 4) is 0 Å². The summed E-state index contributed by atoms with van der Waals surface area (Å²) < 4.78 is 5.39. The largest absolute Gasteiger partial charge is 0.481 e. The molecule has 2 atom stereocenters. The molecule has 0 aromatic heterocycles. The molecule has 2 unspecified atom stereocenters. The van der Waals surface area contributed by atoms with E-state index in [9.17, 15) is 9.59 Å². The molecule has 0 aromatic rings. The molecule has 0 saturated carbocycles. The van der Waals surface area contributed by atoms with Crippen LogP contribution >= 0.6 is 0 Å². The Balaban J connectivity index is 2.18. The molecule has 0 aromatic carbocycles. The molecule has 0 radical (unpaired) electrons. The Bertz CT molecular complexity index is 333. The second-order valence-corrected chi connectivity index (χ2v) is 5.57. The standard InChI is InChI=1S/C14H26N2O4/c1-10(2)20-8-4-6-15-13(17)9-16-7-5-12(11(16)3)14(18)19/h10-12H,4-9H2,1-3H3,(H,15,17)(H,18,19). The number of amides is 1. The number of aliphatic carboxylic acids is 1. The summed E-state index contributed by atoms with van der Waals surface area (Å²) in [5, 5.41) is 11.9. The maximum Gasteiger partial charge on any atom is 0.308 e. The highest BCUT2D eigenvalue weighted by molar-refractivity contribution is 5.78. The van der Waals surface area contributed by atoms with Crippen LogP contribution in [0.5, 0.6) is 0 Å². The predicted octanol–water partition coefficient (Wildman–Crippen LogP) is 0.713. The third-order valence-electron chi connectivity index (χ3n) is 3.64. The number of carboxylic acids is 1. The number of nitrogens with zero attached hydrogens (tertiary/aromatic N) is 1. The average Bonchev–Trinajstić information content (AvgIpc) is 2.70. The molecule has 6 nitrogen and oxygen atoms in total. The van der Waals surface area contributed by atoms with Gasteiger partial charge in [0.05, 0.1) is 18.6 Å². The smallest absolute Gasteiger partial charge is 0.308 e. The van der Waals surface area contributed by atoms with Crippen molar-refractivity contribution >= 4 is 11.9 Å². The van der Waals surface area contributed by atoms with Crippen molar-refractivity contribution in [3.05, 3.63) is 0 Å². The van der Waals surface area contributed by atoms with Crippen LogP contribution in [-0.4, -0.2) is 60.3 Å². The lowest BCUT2D eigenvalue weighted by molar-refractivity contribution is -0.142. The second kappa shape index (κ2) is 8.21. The van der Waals surface area contributed by atoms with E-state index < -0.39 is 5.97 Å². The van der Waals surface area contributed by atoms with Gasteiger partial charge < -0.3 is 15.2 Å². The van der Waals surface area contributed by atoms with Gasteiger partial charge in [0, 0.05) is 19.2 Å². The van der Waals surface area contributed by atoms with Crippen molar-refractivity contribution in [3.63, 3.8) is 0 Å². The van der Waals surface area contributed by atoms with Crippen LogP contribution in [-0.2, 0) is 14.3 Å². The van der Waals surface area contributed by atoms with Crippen molar-refractivity contribution < 1.29 is 19.4 Å². The van der Waals surface area contributed by atoms with Gasteiger partial charge in [0.1, 0.15) is 0 Å². The summed E-state index contributed by atoms with van der Waals surface area (Å²) in [5.41, 5.74) is 0. The van der Waals surface area contributed by atoms with Crippen molar-refractivity contribution in [2.45, 2.75) is 45.8 Å². The molecular weight excluding hydrogens is 260 g/mol. The first-order valence-electron chi connectivity index (χ1n) is 7.27. The summed E-state index contributed by atoms with van der Waals surface area (Å²) in [5.74, 6) is -1.18. The zero-order valence-electron chi connectivity index (χ0n) is 12.6. The van der Waals surface area contributed by atoms with E-state index in [-0.39, 0.29) is 30.5 Å². The minimum atomic E-state index is -0.772. The molecule has 2 N–H and O–H groups in total. The first kappa shape index (κ1) is 16.9. The summed E-state index contributed by atoms with van der Waals surface area (Å²) in [6.45, 7) is 8.00. The highest BCUT2D eigenvalue weighted by Gasteiger charge is 2.36. The molecule has 1 aliphatic heterocycles. The Morgan fingerprint density at radius 1 is 1.45 bits per heavy atom. The first-order valence-corrected chi connectivity index (χ1v) is 7.27. The Morgan fingerprint density at radius 2 is 2.15 bits per heavy atom. The minimum Gasteiger partial charge on any atom is -0.481 e. The van der Waals surface area contributed by atoms with Crippen LogP contribution in [0.2, 0.25) is 0 Å². The van der Waals surface area contributed by atoms with E-state index in [0.29, 0.717) is 26.1 Å². The number of likely N-dealkylation sites (tertiary alicyclic amines) is 1. The summed E-state index contributed by atoms with van der Waals surface area (Å²) in [6.07, 6.45) is 1.62. The molecule has 6 heteroatoms. The summed E-state index contributed by atoms with van der Waals surface area (Å²) in [7, 11) is 0. The molecule has 0 aliphatic carbocycles. The lowest BCUT2D eigenvalue weighted by Crippen LogP contribution is -2.41. The van der Waals surface area contributed by atoms with E-state index in [0.717, 1.165) is 6.42 Å². The number of hydrogen-bond donors (Lipinski definition) is 2. The predicted molar refractivity (Wildman–Crippen MR) is 75.5 cm³/mol. The SMILES string of the molecule is CC(C)OCCCNC(=O)CN1CCC(C(=O)O)C1C. The van der Waals surface area contributed by atoms with E-state index in [2.05, 4.69) is 5.32 Å². The van der Waals surface area contributed by atoms with Gasteiger partial charge in [-0.1, -0.05) is 0 Å². The van der Waals surface area contributed by atoms with Crippen LogP contribution < -0.4 is 5.32 Å². The summed E-state index contributed by atoms with van der Waals surface area (Å²) >= 11 is 0. The van der Waals surface area contributed by atoms with Gasteiger partial charge in [-0.25, -0.2) is 0 Å². The molecule has 116 valence electrons. The average molecular weight is 286 g/mol. The van der Waals surface area contributed by atoms with Gasteiger partial charge in [-0.2, -0.15) is 0 Å². The van der Waals surface area contributed by atoms with Crippen molar-refractivity contribution in [2.24, 2.45) is 5.92 Å². The van der Waals surface area contributed by atoms with Crippen molar-refractivity contribution in [2.75, 3.05) is 26.2 Å². The number of hydrogen-bond acceptors (Lipinski definition) is 4. The Morgan fingerprint density at radius 3 is 2.70 bits per heavy atom. The van der Waals surface area contributed by atoms with Gasteiger partial charge in [0.2, 0.25) is 5.91 Å². The van der Waals surface area contributed by atoms with Gasteiger partial charge >= 0.3 is 5.97 Å². The molecule has 1 amide bonds. The highest BCUT2D eigenvalue weighted by Crippen LogP contribution is 2.23. The van der Waals surface area contributed by atoms with Gasteiger partial charge in [-0.05, 0) is 40.2 Å². The van der Waals surface area contributed by atoms with Crippen LogP contribution in [0.25, 0.3) is 0 Å². The fraction of sp³-hybridized carbons (Fsp3) is 0.857. The van der Waals surface area contributed by atoms with Gasteiger partial charge in [0.15, 0.2) is 0 Å². The fourth-order valence-corrected chi connectivity index (χ4v) is 2.42. The summed E-state index contributed by atoms with van der Waals surface area (Å²) in [4.78, 5) is 24.7. The molecule has 20 heavy (non-hydrogen) atoms. The quantitative estimate of drug-likeness (QED) is 0.643. The topological polar surface area (TPSA) is 78.9 Å². The Labute approximate surface area is 120 Å². The Kier molecular flexibility index (Phi) is 6.95. The van der Waals surface area contributed by atoms with E-state index in [1.165, 1.54) is 0 Å². The first-order chi connectivity index (χ1) is 9.41. The van der Waals surface area contributed by atoms with Crippen LogP contribution in [0, 0.1) is 5.92 Å². The monoisotopic (exact) mass is 286 g/mol. The van der Waals surface area contributed by atoms with Crippen LogP contribution in [0.4, 0.5) is 0 Å². The number of nitrogens with one attached hydrogen (secondary N) is 1. The van der Waals surface area contributed by atoms with Gasteiger partial charge in [0.25, 0.3) is 0 Å². The normalized spacial score (nSPS) is 23.2. The van der Waals surface area contributed by atoms with E-state index in [1.54, 1.807) is 0 Å². The lowest BCUT2D eigenvalue weighted by atomic mass is 10.0. The fourth-order valence-electron chi connectivity index (χ4n) is 2.42. The maximum absolute atomic E-state index is 11.8. The van der Waals surface area contributed by atoms with Gasteiger partial charge in [-0.15, -0.1) is 0 Å². The molecule has 0 spiro atoms. The second-order valence-electron chi connectivity index (χ2n) is 5.57. The Hall–Kier alpha value is -1.14. The zero-order chi connectivity index (χ0) is 15.1. The van der Waals surface area contributed by atoms with E-state index in [1.807, 2.05) is 25.7 Å². The minimum absolute atomic E-state index is 0.0487. The van der Waals surface area contributed by atoms with E-state index in [4.69, 9.17) is 9.84 Å². The maximum atomic E-state index is 11.8. The number of carboxylic acid groups (broad SMARTS) is 1.